The summed E-state index contributed by atoms with van der Waals surface area (Å²) in [6, 6.07) is 5.61. The fraction of sp³-hybridized carbons (Fsp3) is 0.333. The van der Waals surface area contributed by atoms with Crippen molar-refractivity contribution < 1.29 is 28.6 Å². The van der Waals surface area contributed by atoms with E-state index in [-0.39, 0.29) is 5.82 Å². The lowest BCUT2D eigenvalue weighted by molar-refractivity contribution is -0.134. The molecule has 0 unspecified atom stereocenters. The monoisotopic (exact) mass is 364 g/mol. The van der Waals surface area contributed by atoms with Crippen LogP contribution in [0.3, 0.4) is 0 Å². The third kappa shape index (κ3) is 5.06. The number of carbonyl (C=O) groups is 2. The van der Waals surface area contributed by atoms with Crippen molar-refractivity contribution in [3.8, 4) is 0 Å². The minimum absolute atomic E-state index is 0.211. The highest BCUT2D eigenvalue weighted by atomic mass is 19.1. The maximum Gasteiger partial charge on any atom is 0.328 e. The van der Waals surface area contributed by atoms with Crippen molar-refractivity contribution in [3.63, 3.8) is 0 Å². The number of aliphatic carboxylic acids is 2. The predicted molar refractivity (Wildman–Crippen MR) is 94.9 cm³/mol. The molecule has 3 rings (SSSR count). The molecule has 0 bridgehead atoms. The number of piperazine rings is 1. The van der Waals surface area contributed by atoms with E-state index < -0.39 is 11.9 Å². The van der Waals surface area contributed by atoms with Crippen LogP contribution in [0.2, 0.25) is 0 Å². The molecule has 0 amide bonds. The Balaban J connectivity index is 0.000000260. The van der Waals surface area contributed by atoms with E-state index in [0.717, 1.165) is 29.7 Å². The minimum atomic E-state index is -1.26. The molecule has 8 heteroatoms. The highest BCUT2D eigenvalue weighted by Crippen LogP contribution is 2.31. The van der Waals surface area contributed by atoms with Crippen LogP contribution in [0.4, 0.5) is 10.1 Å². The number of nitrogens with zero attached hydrogens (tertiary/aromatic N) is 1. The number of fused-ring (bicyclic) bond motifs is 1. The quantitative estimate of drug-likeness (QED) is 0.719. The predicted octanol–water partition coefficient (Wildman–Crippen LogP) is 2.47. The second-order valence-corrected chi connectivity index (χ2v) is 6.08. The number of anilines is 1. The van der Waals surface area contributed by atoms with Crippen LogP contribution in [0, 0.1) is 5.82 Å². The molecule has 2 aromatic rings. The molecule has 0 aliphatic carbocycles. The van der Waals surface area contributed by atoms with Crippen LogP contribution in [-0.4, -0.2) is 47.3 Å². The molecule has 0 radical (unpaired) electrons. The fourth-order valence-corrected chi connectivity index (χ4v) is 2.74. The van der Waals surface area contributed by atoms with Gasteiger partial charge in [-0.05, 0) is 26.0 Å². The van der Waals surface area contributed by atoms with E-state index in [1.807, 2.05) is 0 Å². The molecule has 0 saturated carbocycles. The summed E-state index contributed by atoms with van der Waals surface area (Å²) in [5.74, 6) is -2.72. The minimum Gasteiger partial charge on any atom is -0.478 e. The number of hydrogen-bond acceptors (Lipinski definition) is 5. The van der Waals surface area contributed by atoms with Gasteiger partial charge in [0, 0.05) is 48.8 Å². The van der Waals surface area contributed by atoms with Gasteiger partial charge in [-0.2, -0.15) is 0 Å². The zero-order valence-corrected chi connectivity index (χ0v) is 14.5. The number of carboxylic acids is 2. The average Bonchev–Trinajstić information content (AvgIpc) is 3.03. The zero-order chi connectivity index (χ0) is 19.3. The van der Waals surface area contributed by atoms with Gasteiger partial charge >= 0.3 is 11.9 Å². The van der Waals surface area contributed by atoms with Gasteiger partial charge in [-0.3, -0.25) is 0 Å². The normalized spacial score (nSPS) is 20.0. The van der Waals surface area contributed by atoms with E-state index in [1.165, 1.54) is 6.07 Å². The molecule has 1 aliphatic rings. The maximum absolute atomic E-state index is 13.7. The molecule has 2 heterocycles. The Morgan fingerprint density at radius 2 is 1.92 bits per heavy atom. The van der Waals surface area contributed by atoms with Gasteiger partial charge in [0.15, 0.2) is 5.58 Å². The first-order valence-corrected chi connectivity index (χ1v) is 8.08. The van der Waals surface area contributed by atoms with E-state index in [1.54, 1.807) is 18.4 Å². The van der Waals surface area contributed by atoms with Crippen molar-refractivity contribution in [1.82, 2.24) is 5.32 Å². The van der Waals surface area contributed by atoms with Crippen LogP contribution < -0.4 is 10.2 Å². The first kappa shape index (κ1) is 19.5. The SMILES string of the molecule is C[C@@H]1CN[C@@H](C)CN1c1cc(F)cc2ccoc12.O=C(O)/C=C/C(=O)O. The van der Waals surface area contributed by atoms with Crippen molar-refractivity contribution in [1.29, 1.82) is 0 Å². The molecule has 140 valence electrons. The van der Waals surface area contributed by atoms with Gasteiger partial charge < -0.3 is 24.8 Å². The summed E-state index contributed by atoms with van der Waals surface area (Å²) in [6.45, 7) is 6.04. The van der Waals surface area contributed by atoms with Crippen LogP contribution in [-0.2, 0) is 9.59 Å². The number of rotatable bonds is 3. The highest BCUT2D eigenvalue weighted by Gasteiger charge is 2.25. The van der Waals surface area contributed by atoms with Gasteiger partial charge in [0.1, 0.15) is 5.82 Å². The smallest absolute Gasteiger partial charge is 0.328 e. The largest absolute Gasteiger partial charge is 0.478 e. The van der Waals surface area contributed by atoms with Crippen molar-refractivity contribution >= 4 is 28.6 Å². The lowest BCUT2D eigenvalue weighted by Crippen LogP contribution is -2.54. The number of hydrogen-bond donors (Lipinski definition) is 3. The van der Waals surface area contributed by atoms with Crippen molar-refractivity contribution in [2.75, 3.05) is 18.0 Å². The lowest BCUT2D eigenvalue weighted by Gasteiger charge is -2.39. The average molecular weight is 364 g/mol. The third-order valence-corrected chi connectivity index (χ3v) is 3.94. The molecule has 1 aromatic heterocycles. The van der Waals surface area contributed by atoms with Gasteiger partial charge in [-0.15, -0.1) is 0 Å². The molecule has 2 atom stereocenters. The Kier molecular flexibility index (Phi) is 6.35. The first-order valence-electron chi connectivity index (χ1n) is 8.08. The van der Waals surface area contributed by atoms with E-state index in [4.69, 9.17) is 14.6 Å². The molecule has 26 heavy (non-hydrogen) atoms. The van der Waals surface area contributed by atoms with Crippen LogP contribution >= 0.6 is 0 Å². The summed E-state index contributed by atoms with van der Waals surface area (Å²) in [7, 11) is 0. The number of nitrogens with one attached hydrogen (secondary N) is 1. The van der Waals surface area contributed by atoms with Crippen LogP contribution in [0.15, 0.2) is 41.0 Å². The van der Waals surface area contributed by atoms with Crippen LogP contribution in [0.1, 0.15) is 13.8 Å². The van der Waals surface area contributed by atoms with Gasteiger partial charge in [-0.1, -0.05) is 0 Å². The van der Waals surface area contributed by atoms with Crippen LogP contribution in [0.5, 0.6) is 0 Å². The fourth-order valence-electron chi connectivity index (χ4n) is 2.74. The Morgan fingerprint density at radius 1 is 1.27 bits per heavy atom. The summed E-state index contributed by atoms with van der Waals surface area (Å²) in [5.41, 5.74) is 1.63. The van der Waals surface area contributed by atoms with Crippen molar-refractivity contribution in [3.05, 3.63) is 42.4 Å². The van der Waals surface area contributed by atoms with Crippen molar-refractivity contribution in [2.24, 2.45) is 0 Å². The molecule has 1 aliphatic heterocycles. The summed E-state index contributed by atoms with van der Waals surface area (Å²) >= 11 is 0. The molecular weight excluding hydrogens is 343 g/mol. The Bertz CT molecular complexity index is 801. The van der Waals surface area contributed by atoms with Gasteiger partial charge in [0.05, 0.1) is 12.0 Å². The molecular formula is C18H21FN2O5. The summed E-state index contributed by atoms with van der Waals surface area (Å²) < 4.78 is 19.2. The zero-order valence-electron chi connectivity index (χ0n) is 14.5. The van der Waals surface area contributed by atoms with E-state index >= 15 is 0 Å². The standard InChI is InChI=1S/C14H17FN2O.C4H4O4/c1-9-8-17(10(2)7-16-9)13-6-12(15)5-11-3-4-18-14(11)13;5-3(6)1-2-4(7)8/h3-6,9-10,16H,7-8H2,1-2H3;1-2H,(H,5,6)(H,7,8)/b;2-1+/t9-,10+;/m0./s1. The molecule has 3 N–H and O–H groups in total. The lowest BCUT2D eigenvalue weighted by atomic mass is 10.1. The molecule has 0 spiro atoms. The molecule has 7 nitrogen and oxygen atoms in total. The Labute approximate surface area is 149 Å². The van der Waals surface area contributed by atoms with E-state index in [0.29, 0.717) is 24.2 Å². The topological polar surface area (TPSA) is 103 Å². The second-order valence-electron chi connectivity index (χ2n) is 6.08. The summed E-state index contributed by atoms with van der Waals surface area (Å²) in [5, 5.41) is 19.9. The van der Waals surface area contributed by atoms with Gasteiger partial charge in [0.25, 0.3) is 0 Å². The van der Waals surface area contributed by atoms with Gasteiger partial charge in [-0.25, -0.2) is 14.0 Å². The molecule has 1 saturated heterocycles. The van der Waals surface area contributed by atoms with Crippen LogP contribution in [0.25, 0.3) is 11.0 Å². The van der Waals surface area contributed by atoms with Gasteiger partial charge in [0.2, 0.25) is 0 Å². The summed E-state index contributed by atoms with van der Waals surface area (Å²) in [6.07, 6.45) is 2.73. The highest BCUT2D eigenvalue weighted by molar-refractivity contribution is 5.90. The van der Waals surface area contributed by atoms with Crippen molar-refractivity contribution in [2.45, 2.75) is 25.9 Å². The maximum atomic E-state index is 13.7. The molecule has 1 aromatic carbocycles. The number of benzene rings is 1. The number of furan rings is 1. The number of halogens is 1. The number of carboxylic acid groups (broad SMARTS) is 2. The first-order chi connectivity index (χ1) is 12.3. The Morgan fingerprint density at radius 3 is 2.54 bits per heavy atom. The third-order valence-electron chi connectivity index (χ3n) is 3.94. The summed E-state index contributed by atoms with van der Waals surface area (Å²) in [4.78, 5) is 21.3. The van der Waals surface area contributed by atoms with E-state index in [9.17, 15) is 14.0 Å². The Hall–Kier alpha value is -2.87. The molecule has 1 fully saturated rings. The second kappa shape index (κ2) is 8.48. The van der Waals surface area contributed by atoms with E-state index in [2.05, 4.69) is 24.1 Å².